The second-order valence-electron chi connectivity index (χ2n) is 5.50. The van der Waals surface area contributed by atoms with Crippen LogP contribution in [-0.2, 0) is 0 Å². The molecule has 1 heterocycles. The fraction of sp³-hybridized carbons (Fsp3) is 0.571. The summed E-state index contributed by atoms with van der Waals surface area (Å²) in [5, 5.41) is 14.0. The standard InChI is InChI=1S/C14H20N4O2/c1-15-11-8-13(10-14(9-11)18(19)20)17-6-4-16(5-7-17)12-2-3-12/h8-10,12,15H,2-7H2,1H3. The van der Waals surface area contributed by atoms with Gasteiger partial charge in [0.1, 0.15) is 0 Å². The lowest BCUT2D eigenvalue weighted by Crippen LogP contribution is -2.47. The van der Waals surface area contributed by atoms with E-state index in [2.05, 4.69) is 15.1 Å². The van der Waals surface area contributed by atoms with Crippen LogP contribution in [0.5, 0.6) is 0 Å². The number of nitro benzene ring substituents is 1. The molecule has 0 aromatic heterocycles. The van der Waals surface area contributed by atoms with E-state index >= 15 is 0 Å². The van der Waals surface area contributed by atoms with Gasteiger partial charge < -0.3 is 10.2 Å². The maximum Gasteiger partial charge on any atom is 0.273 e. The lowest BCUT2D eigenvalue weighted by atomic mass is 10.2. The number of nitrogens with one attached hydrogen (secondary N) is 1. The zero-order valence-electron chi connectivity index (χ0n) is 11.7. The highest BCUT2D eigenvalue weighted by Gasteiger charge is 2.31. The highest BCUT2D eigenvalue weighted by Crippen LogP contribution is 2.30. The highest BCUT2D eigenvalue weighted by atomic mass is 16.6. The Balaban J connectivity index is 1.75. The fourth-order valence-corrected chi connectivity index (χ4v) is 2.81. The molecule has 2 aliphatic rings. The van der Waals surface area contributed by atoms with Gasteiger partial charge in [-0.3, -0.25) is 15.0 Å². The van der Waals surface area contributed by atoms with Crippen molar-refractivity contribution in [2.75, 3.05) is 43.4 Å². The van der Waals surface area contributed by atoms with Crippen molar-refractivity contribution in [1.82, 2.24) is 4.90 Å². The molecule has 6 heteroatoms. The molecule has 0 radical (unpaired) electrons. The quantitative estimate of drug-likeness (QED) is 0.672. The maximum atomic E-state index is 11.0. The van der Waals surface area contributed by atoms with Gasteiger partial charge in [-0.1, -0.05) is 0 Å². The van der Waals surface area contributed by atoms with Crippen LogP contribution in [-0.4, -0.2) is 49.1 Å². The van der Waals surface area contributed by atoms with Gasteiger partial charge in [0, 0.05) is 62.8 Å². The van der Waals surface area contributed by atoms with E-state index in [0.29, 0.717) is 0 Å². The Hall–Kier alpha value is -1.82. The molecule has 0 amide bonds. The van der Waals surface area contributed by atoms with Crippen molar-refractivity contribution >= 4 is 17.1 Å². The van der Waals surface area contributed by atoms with Gasteiger partial charge in [0.2, 0.25) is 0 Å². The summed E-state index contributed by atoms with van der Waals surface area (Å²) in [6.07, 6.45) is 2.67. The van der Waals surface area contributed by atoms with Crippen LogP contribution in [0.1, 0.15) is 12.8 Å². The molecule has 0 unspecified atom stereocenters. The van der Waals surface area contributed by atoms with Crippen molar-refractivity contribution in [3.8, 4) is 0 Å². The SMILES string of the molecule is CNc1cc(N2CCN(C3CC3)CC2)cc([N+](=O)[O-])c1. The van der Waals surface area contributed by atoms with E-state index in [1.54, 1.807) is 19.2 Å². The number of hydrogen-bond donors (Lipinski definition) is 1. The smallest absolute Gasteiger partial charge is 0.273 e. The second-order valence-corrected chi connectivity index (χ2v) is 5.50. The maximum absolute atomic E-state index is 11.0. The van der Waals surface area contributed by atoms with E-state index in [9.17, 15) is 10.1 Å². The van der Waals surface area contributed by atoms with Gasteiger partial charge >= 0.3 is 0 Å². The molecule has 1 aliphatic carbocycles. The molecule has 1 saturated carbocycles. The molecule has 0 bridgehead atoms. The molecule has 1 saturated heterocycles. The summed E-state index contributed by atoms with van der Waals surface area (Å²) in [5.41, 5.74) is 1.88. The Morgan fingerprint density at radius 2 is 1.90 bits per heavy atom. The van der Waals surface area contributed by atoms with Gasteiger partial charge in [-0.25, -0.2) is 0 Å². The van der Waals surface area contributed by atoms with Crippen LogP contribution in [0, 0.1) is 10.1 Å². The first kappa shape index (κ1) is 13.2. The number of non-ortho nitro benzene ring substituents is 1. The topological polar surface area (TPSA) is 61.6 Å². The van der Waals surface area contributed by atoms with Crippen molar-refractivity contribution in [3.63, 3.8) is 0 Å². The lowest BCUT2D eigenvalue weighted by molar-refractivity contribution is -0.384. The minimum Gasteiger partial charge on any atom is -0.388 e. The van der Waals surface area contributed by atoms with E-state index in [-0.39, 0.29) is 10.6 Å². The van der Waals surface area contributed by atoms with Crippen LogP contribution in [0.4, 0.5) is 17.1 Å². The number of piperazine rings is 1. The first-order valence-electron chi connectivity index (χ1n) is 7.13. The molecule has 3 rings (SSSR count). The first-order chi connectivity index (χ1) is 9.67. The predicted octanol–water partition coefficient (Wildman–Crippen LogP) is 1.92. The van der Waals surface area contributed by atoms with Crippen LogP contribution in [0.25, 0.3) is 0 Å². The zero-order chi connectivity index (χ0) is 14.1. The van der Waals surface area contributed by atoms with Crippen molar-refractivity contribution in [2.24, 2.45) is 0 Å². The summed E-state index contributed by atoms with van der Waals surface area (Å²) in [6, 6.07) is 6.03. The minimum atomic E-state index is -0.329. The number of anilines is 2. The molecule has 6 nitrogen and oxygen atoms in total. The van der Waals surface area contributed by atoms with Crippen LogP contribution in [0.3, 0.4) is 0 Å². The molecule has 108 valence electrons. The van der Waals surface area contributed by atoms with Gasteiger partial charge in [-0.05, 0) is 18.9 Å². The Labute approximate surface area is 118 Å². The molecule has 0 spiro atoms. The number of benzene rings is 1. The van der Waals surface area contributed by atoms with Crippen LogP contribution in [0.15, 0.2) is 18.2 Å². The van der Waals surface area contributed by atoms with Gasteiger partial charge in [0.05, 0.1) is 4.92 Å². The van der Waals surface area contributed by atoms with Crippen molar-refractivity contribution < 1.29 is 4.92 Å². The third-order valence-corrected chi connectivity index (χ3v) is 4.14. The van der Waals surface area contributed by atoms with E-state index in [1.165, 1.54) is 12.8 Å². The summed E-state index contributed by atoms with van der Waals surface area (Å²) in [7, 11) is 1.79. The number of nitrogens with zero attached hydrogens (tertiary/aromatic N) is 3. The Bertz CT molecular complexity index is 508. The van der Waals surface area contributed by atoms with Gasteiger partial charge in [-0.15, -0.1) is 0 Å². The zero-order valence-corrected chi connectivity index (χ0v) is 11.7. The van der Waals surface area contributed by atoms with E-state index in [4.69, 9.17) is 0 Å². The average molecular weight is 276 g/mol. The number of rotatable bonds is 4. The second kappa shape index (κ2) is 5.28. The monoisotopic (exact) mass is 276 g/mol. The van der Waals surface area contributed by atoms with Crippen LogP contribution < -0.4 is 10.2 Å². The molecule has 1 aliphatic heterocycles. The average Bonchev–Trinajstić information content (AvgIpc) is 3.31. The summed E-state index contributed by atoms with van der Waals surface area (Å²) in [4.78, 5) is 15.5. The molecule has 0 atom stereocenters. The van der Waals surface area contributed by atoms with E-state index in [0.717, 1.165) is 43.6 Å². The summed E-state index contributed by atoms with van der Waals surface area (Å²) >= 11 is 0. The van der Waals surface area contributed by atoms with E-state index in [1.807, 2.05) is 6.07 Å². The fourth-order valence-electron chi connectivity index (χ4n) is 2.81. The summed E-state index contributed by atoms with van der Waals surface area (Å²) in [6.45, 7) is 4.01. The van der Waals surface area contributed by atoms with Gasteiger partial charge in [-0.2, -0.15) is 0 Å². The highest BCUT2D eigenvalue weighted by molar-refractivity contribution is 5.64. The van der Waals surface area contributed by atoms with Crippen molar-refractivity contribution in [2.45, 2.75) is 18.9 Å². The molecule has 1 aromatic rings. The van der Waals surface area contributed by atoms with Crippen molar-refractivity contribution in [3.05, 3.63) is 28.3 Å². The molecule has 1 aromatic carbocycles. The van der Waals surface area contributed by atoms with Crippen LogP contribution in [0.2, 0.25) is 0 Å². The Morgan fingerprint density at radius 3 is 2.45 bits per heavy atom. The number of nitro groups is 1. The van der Waals surface area contributed by atoms with E-state index < -0.39 is 0 Å². The Morgan fingerprint density at radius 1 is 1.20 bits per heavy atom. The molecular formula is C14H20N4O2. The predicted molar refractivity (Wildman–Crippen MR) is 79.5 cm³/mol. The summed E-state index contributed by atoms with van der Waals surface area (Å²) in [5.74, 6) is 0. The van der Waals surface area contributed by atoms with Crippen LogP contribution >= 0.6 is 0 Å². The number of hydrogen-bond acceptors (Lipinski definition) is 5. The molecule has 1 N–H and O–H groups in total. The summed E-state index contributed by atoms with van der Waals surface area (Å²) < 4.78 is 0. The van der Waals surface area contributed by atoms with Crippen molar-refractivity contribution in [1.29, 1.82) is 0 Å². The largest absolute Gasteiger partial charge is 0.388 e. The third kappa shape index (κ3) is 2.70. The molecular weight excluding hydrogens is 256 g/mol. The Kier molecular flexibility index (Phi) is 3.48. The minimum absolute atomic E-state index is 0.150. The normalized spacial score (nSPS) is 19.9. The van der Waals surface area contributed by atoms with Gasteiger partial charge in [0.15, 0.2) is 0 Å². The lowest BCUT2D eigenvalue weighted by Gasteiger charge is -2.36. The molecule has 20 heavy (non-hydrogen) atoms. The third-order valence-electron chi connectivity index (χ3n) is 4.14. The molecule has 2 fully saturated rings. The first-order valence-corrected chi connectivity index (χ1v) is 7.13. The van der Waals surface area contributed by atoms with Gasteiger partial charge in [0.25, 0.3) is 5.69 Å².